The van der Waals surface area contributed by atoms with Gasteiger partial charge >= 0.3 is 11.6 Å². The first-order valence-corrected chi connectivity index (χ1v) is 8.21. The Hall–Kier alpha value is -3.66. The van der Waals surface area contributed by atoms with Crippen molar-refractivity contribution in [3.63, 3.8) is 0 Å². The second-order valence-corrected chi connectivity index (χ2v) is 5.84. The quantitative estimate of drug-likeness (QED) is 0.411. The maximum absolute atomic E-state index is 12.4. The summed E-state index contributed by atoms with van der Waals surface area (Å²) in [4.78, 5) is 47.1. The number of hydrogen-bond acceptors (Lipinski definition) is 8. The first-order valence-electron chi connectivity index (χ1n) is 8.21. The standard InChI is InChI=1S/C18H16N2O8/c19-4-5-20(8-12(21)18(24)25)13(22)9-27-17-15-11(3-6-26-15)7-10-1-2-14(23)28-16(10)17/h1-3,6-7H,4-5,8-9,19H2,(H,24,25). The van der Waals surface area contributed by atoms with Crippen LogP contribution in [0, 0.1) is 0 Å². The van der Waals surface area contributed by atoms with Crippen LogP contribution in [0.1, 0.15) is 0 Å². The van der Waals surface area contributed by atoms with Gasteiger partial charge in [0.2, 0.25) is 5.75 Å². The summed E-state index contributed by atoms with van der Waals surface area (Å²) in [5, 5.41) is 9.96. The van der Waals surface area contributed by atoms with Gasteiger partial charge in [-0.15, -0.1) is 0 Å². The minimum atomic E-state index is -1.65. The van der Waals surface area contributed by atoms with Crippen molar-refractivity contribution in [3.05, 3.63) is 40.9 Å². The number of hydrogen-bond donors (Lipinski definition) is 2. The van der Waals surface area contributed by atoms with Crippen LogP contribution in [-0.2, 0) is 14.4 Å². The summed E-state index contributed by atoms with van der Waals surface area (Å²) in [6.45, 7) is -1.16. The Morgan fingerprint density at radius 1 is 1.14 bits per heavy atom. The van der Waals surface area contributed by atoms with E-state index < -0.39 is 36.4 Å². The Balaban J connectivity index is 1.88. The number of carboxylic acids is 1. The lowest BCUT2D eigenvalue weighted by Crippen LogP contribution is -2.43. The van der Waals surface area contributed by atoms with E-state index in [1.54, 1.807) is 18.2 Å². The molecule has 1 amide bonds. The molecule has 10 heteroatoms. The molecule has 0 aliphatic heterocycles. The van der Waals surface area contributed by atoms with Gasteiger partial charge in [0.25, 0.3) is 11.7 Å². The summed E-state index contributed by atoms with van der Waals surface area (Å²) in [5.74, 6) is -3.40. The third-order valence-corrected chi connectivity index (χ3v) is 3.95. The van der Waals surface area contributed by atoms with E-state index in [9.17, 15) is 19.2 Å². The van der Waals surface area contributed by atoms with Crippen molar-refractivity contribution in [2.75, 3.05) is 26.2 Å². The molecule has 1 aromatic carbocycles. The molecule has 10 nitrogen and oxygen atoms in total. The molecule has 0 unspecified atom stereocenters. The molecule has 0 spiro atoms. The molecule has 2 aromatic heterocycles. The van der Waals surface area contributed by atoms with Crippen molar-refractivity contribution < 1.29 is 33.1 Å². The van der Waals surface area contributed by atoms with Gasteiger partial charge in [0.05, 0.1) is 12.8 Å². The van der Waals surface area contributed by atoms with E-state index in [0.717, 1.165) is 4.90 Å². The molecule has 0 saturated carbocycles. The number of amides is 1. The fraction of sp³-hybridized carbons (Fsp3) is 0.222. The molecule has 0 atom stereocenters. The number of carbonyl (C=O) groups excluding carboxylic acids is 2. The van der Waals surface area contributed by atoms with E-state index in [-0.39, 0.29) is 30.0 Å². The molecular formula is C18H16N2O8. The highest BCUT2D eigenvalue weighted by Gasteiger charge is 2.22. The summed E-state index contributed by atoms with van der Waals surface area (Å²) in [7, 11) is 0. The minimum Gasteiger partial charge on any atom is -0.476 e. The minimum absolute atomic E-state index is 0.0258. The number of benzene rings is 1. The van der Waals surface area contributed by atoms with E-state index in [1.165, 1.54) is 12.3 Å². The van der Waals surface area contributed by atoms with E-state index in [4.69, 9.17) is 24.4 Å². The van der Waals surface area contributed by atoms with Gasteiger partial charge in [-0.3, -0.25) is 9.59 Å². The van der Waals surface area contributed by atoms with Crippen LogP contribution in [0.5, 0.6) is 5.75 Å². The van der Waals surface area contributed by atoms with Crippen molar-refractivity contribution in [1.29, 1.82) is 0 Å². The number of carbonyl (C=O) groups is 3. The number of rotatable bonds is 8. The summed E-state index contributed by atoms with van der Waals surface area (Å²) in [6.07, 6.45) is 1.42. The maximum atomic E-state index is 12.4. The largest absolute Gasteiger partial charge is 0.476 e. The SMILES string of the molecule is NCCN(CC(=O)C(=O)O)C(=O)COc1c2occc2cc2ccc(=O)oc12. The highest BCUT2D eigenvalue weighted by atomic mass is 16.5. The van der Waals surface area contributed by atoms with Crippen molar-refractivity contribution in [1.82, 2.24) is 4.90 Å². The maximum Gasteiger partial charge on any atom is 0.374 e. The first-order chi connectivity index (χ1) is 13.4. The van der Waals surface area contributed by atoms with E-state index in [0.29, 0.717) is 10.8 Å². The van der Waals surface area contributed by atoms with Crippen LogP contribution < -0.4 is 16.1 Å². The van der Waals surface area contributed by atoms with Crippen LogP contribution in [0.25, 0.3) is 21.9 Å². The molecule has 3 N–H and O–H groups in total. The van der Waals surface area contributed by atoms with Crippen LogP contribution in [-0.4, -0.2) is 53.9 Å². The number of ether oxygens (including phenoxy) is 1. The van der Waals surface area contributed by atoms with Crippen LogP contribution >= 0.6 is 0 Å². The van der Waals surface area contributed by atoms with Crippen molar-refractivity contribution in [2.45, 2.75) is 0 Å². The molecule has 0 saturated heterocycles. The second-order valence-electron chi connectivity index (χ2n) is 5.84. The summed E-state index contributed by atoms with van der Waals surface area (Å²) in [6, 6.07) is 6.22. The molecule has 0 radical (unpaired) electrons. The third-order valence-electron chi connectivity index (χ3n) is 3.95. The highest BCUT2D eigenvalue weighted by molar-refractivity contribution is 6.33. The van der Waals surface area contributed by atoms with Gasteiger partial charge in [-0.2, -0.15) is 0 Å². The predicted octanol–water partition coefficient (Wildman–Crippen LogP) is 0.359. The van der Waals surface area contributed by atoms with Crippen LogP contribution in [0.2, 0.25) is 0 Å². The zero-order valence-electron chi connectivity index (χ0n) is 14.5. The van der Waals surface area contributed by atoms with Gasteiger partial charge in [-0.1, -0.05) is 0 Å². The Bertz CT molecular complexity index is 1110. The first kappa shape index (κ1) is 19.1. The Morgan fingerprint density at radius 2 is 1.89 bits per heavy atom. The molecule has 3 rings (SSSR count). The van der Waals surface area contributed by atoms with Crippen LogP contribution in [0.4, 0.5) is 0 Å². The molecule has 0 fully saturated rings. The fourth-order valence-corrected chi connectivity index (χ4v) is 2.65. The van der Waals surface area contributed by atoms with Crippen molar-refractivity contribution in [3.8, 4) is 5.75 Å². The summed E-state index contributed by atoms with van der Waals surface area (Å²) in [5.41, 5.74) is 5.20. The van der Waals surface area contributed by atoms with Crippen LogP contribution in [0.3, 0.4) is 0 Å². The lowest BCUT2D eigenvalue weighted by atomic mass is 10.1. The summed E-state index contributed by atoms with van der Waals surface area (Å²) >= 11 is 0. The van der Waals surface area contributed by atoms with E-state index >= 15 is 0 Å². The Kier molecular flexibility index (Phi) is 5.41. The third kappa shape index (κ3) is 3.86. The predicted molar refractivity (Wildman–Crippen MR) is 96.0 cm³/mol. The number of aliphatic carboxylic acids is 1. The van der Waals surface area contributed by atoms with Crippen molar-refractivity contribution >= 4 is 39.6 Å². The number of carboxylic acid groups (broad SMARTS) is 1. The lowest BCUT2D eigenvalue weighted by molar-refractivity contribution is -0.151. The van der Waals surface area contributed by atoms with E-state index in [2.05, 4.69) is 0 Å². The van der Waals surface area contributed by atoms with Gasteiger partial charge < -0.3 is 29.3 Å². The average molecular weight is 388 g/mol. The van der Waals surface area contributed by atoms with Gasteiger partial charge in [0.15, 0.2) is 17.8 Å². The van der Waals surface area contributed by atoms with E-state index in [1.807, 2.05) is 0 Å². The molecule has 28 heavy (non-hydrogen) atoms. The average Bonchev–Trinajstić information content (AvgIpc) is 3.12. The monoisotopic (exact) mass is 388 g/mol. The zero-order chi connectivity index (χ0) is 20.3. The Morgan fingerprint density at radius 3 is 2.61 bits per heavy atom. The molecule has 146 valence electrons. The lowest BCUT2D eigenvalue weighted by Gasteiger charge is -2.20. The Labute approximate surface area is 157 Å². The van der Waals surface area contributed by atoms with Crippen molar-refractivity contribution in [2.24, 2.45) is 5.73 Å². The number of furan rings is 1. The second kappa shape index (κ2) is 7.92. The summed E-state index contributed by atoms with van der Waals surface area (Å²) < 4.78 is 16.1. The molecule has 0 aliphatic rings. The molecule has 0 bridgehead atoms. The number of fused-ring (bicyclic) bond motifs is 2. The van der Waals surface area contributed by atoms with Crippen LogP contribution in [0.15, 0.2) is 44.2 Å². The molecule has 2 heterocycles. The zero-order valence-corrected chi connectivity index (χ0v) is 14.5. The molecular weight excluding hydrogens is 372 g/mol. The fourth-order valence-electron chi connectivity index (χ4n) is 2.65. The highest BCUT2D eigenvalue weighted by Crippen LogP contribution is 2.34. The number of nitrogens with zero attached hydrogens (tertiary/aromatic N) is 1. The number of nitrogens with two attached hydrogens (primary N) is 1. The smallest absolute Gasteiger partial charge is 0.374 e. The topological polar surface area (TPSA) is 153 Å². The van der Waals surface area contributed by atoms with Gasteiger partial charge in [-0.05, 0) is 18.2 Å². The number of Topliss-reactive ketones (excluding diaryl/α,β-unsaturated/α-hetero) is 1. The van der Waals surface area contributed by atoms with Gasteiger partial charge in [0, 0.05) is 29.9 Å². The normalized spacial score (nSPS) is 10.9. The molecule has 0 aliphatic carbocycles. The van der Waals surface area contributed by atoms with Gasteiger partial charge in [-0.25, -0.2) is 9.59 Å². The number of ketones is 1. The van der Waals surface area contributed by atoms with Gasteiger partial charge in [0.1, 0.15) is 0 Å². The molecule has 3 aromatic rings.